The van der Waals surface area contributed by atoms with Crippen LogP contribution in [0.15, 0.2) is 6.20 Å². The summed E-state index contributed by atoms with van der Waals surface area (Å²) < 4.78 is 0. The van der Waals surface area contributed by atoms with Gasteiger partial charge in [0.2, 0.25) is 0 Å². The maximum Gasteiger partial charge on any atom is 0.0931 e. The van der Waals surface area contributed by atoms with E-state index in [1.54, 1.807) is 11.3 Å². The SMILES string of the molecule is CCN1CCC(Cc2ncc(C(C)N)s2)C1. The summed E-state index contributed by atoms with van der Waals surface area (Å²) in [5, 5.41) is 1.26. The van der Waals surface area contributed by atoms with E-state index in [9.17, 15) is 0 Å². The minimum absolute atomic E-state index is 0.127. The average molecular weight is 239 g/mol. The molecule has 2 unspecified atom stereocenters. The molecule has 1 aromatic rings. The average Bonchev–Trinajstić information content (AvgIpc) is 2.87. The topological polar surface area (TPSA) is 42.2 Å². The summed E-state index contributed by atoms with van der Waals surface area (Å²) in [7, 11) is 0. The molecule has 1 aromatic heterocycles. The van der Waals surface area contributed by atoms with Gasteiger partial charge in [-0.2, -0.15) is 0 Å². The normalized spacial score (nSPS) is 23.8. The van der Waals surface area contributed by atoms with Gasteiger partial charge >= 0.3 is 0 Å². The number of nitrogens with two attached hydrogens (primary N) is 1. The lowest BCUT2D eigenvalue weighted by Gasteiger charge is -2.11. The Morgan fingerprint density at radius 1 is 1.69 bits per heavy atom. The van der Waals surface area contributed by atoms with Crippen molar-refractivity contribution in [1.82, 2.24) is 9.88 Å². The smallest absolute Gasteiger partial charge is 0.0931 e. The van der Waals surface area contributed by atoms with E-state index >= 15 is 0 Å². The molecule has 0 radical (unpaired) electrons. The van der Waals surface area contributed by atoms with Crippen LogP contribution in [0, 0.1) is 5.92 Å². The zero-order valence-electron chi connectivity index (χ0n) is 10.1. The van der Waals surface area contributed by atoms with E-state index in [-0.39, 0.29) is 6.04 Å². The molecule has 1 aliphatic rings. The standard InChI is InChI=1S/C12H21N3S/c1-3-15-5-4-10(8-15)6-12-14-7-11(16-12)9(2)13/h7,9-10H,3-6,8,13H2,1-2H3. The van der Waals surface area contributed by atoms with Crippen molar-refractivity contribution >= 4 is 11.3 Å². The molecule has 2 N–H and O–H groups in total. The van der Waals surface area contributed by atoms with Gasteiger partial charge in [-0.05, 0) is 32.4 Å². The maximum absolute atomic E-state index is 5.84. The second kappa shape index (κ2) is 5.25. The lowest BCUT2D eigenvalue weighted by Crippen LogP contribution is -2.20. The third-order valence-corrected chi connectivity index (χ3v) is 4.52. The molecule has 0 bridgehead atoms. The summed E-state index contributed by atoms with van der Waals surface area (Å²) in [4.78, 5) is 8.20. The molecule has 0 saturated carbocycles. The van der Waals surface area contributed by atoms with Crippen molar-refractivity contribution in [3.8, 4) is 0 Å². The summed E-state index contributed by atoms with van der Waals surface area (Å²) in [5.74, 6) is 0.798. The van der Waals surface area contributed by atoms with Crippen molar-refractivity contribution in [2.45, 2.75) is 32.7 Å². The van der Waals surface area contributed by atoms with Gasteiger partial charge in [0.05, 0.1) is 5.01 Å². The van der Waals surface area contributed by atoms with Crippen LogP contribution in [-0.4, -0.2) is 29.5 Å². The molecular weight excluding hydrogens is 218 g/mol. The van der Waals surface area contributed by atoms with Crippen LogP contribution in [0.5, 0.6) is 0 Å². The molecule has 0 aromatic carbocycles. The van der Waals surface area contributed by atoms with Gasteiger partial charge in [0.1, 0.15) is 0 Å². The van der Waals surface area contributed by atoms with Gasteiger partial charge in [-0.1, -0.05) is 6.92 Å². The Morgan fingerprint density at radius 3 is 3.06 bits per heavy atom. The van der Waals surface area contributed by atoms with Gasteiger partial charge in [0.25, 0.3) is 0 Å². The van der Waals surface area contributed by atoms with Crippen molar-refractivity contribution < 1.29 is 0 Å². The number of aromatic nitrogens is 1. The second-order valence-corrected chi connectivity index (χ2v) is 5.84. The van der Waals surface area contributed by atoms with Crippen molar-refractivity contribution in [3.05, 3.63) is 16.1 Å². The monoisotopic (exact) mass is 239 g/mol. The summed E-state index contributed by atoms with van der Waals surface area (Å²) in [6, 6.07) is 0.127. The summed E-state index contributed by atoms with van der Waals surface area (Å²) >= 11 is 1.78. The molecule has 2 rings (SSSR count). The quantitative estimate of drug-likeness (QED) is 0.874. The highest BCUT2D eigenvalue weighted by atomic mass is 32.1. The van der Waals surface area contributed by atoms with E-state index in [0.717, 1.165) is 12.3 Å². The van der Waals surface area contributed by atoms with Crippen LogP contribution in [0.2, 0.25) is 0 Å². The van der Waals surface area contributed by atoms with Crippen LogP contribution < -0.4 is 5.73 Å². The Morgan fingerprint density at radius 2 is 2.50 bits per heavy atom. The van der Waals surface area contributed by atoms with Crippen LogP contribution in [0.1, 0.15) is 36.2 Å². The Labute approximate surface area is 102 Å². The molecular formula is C12H21N3S. The third kappa shape index (κ3) is 2.81. The van der Waals surface area contributed by atoms with Crippen molar-refractivity contribution in [1.29, 1.82) is 0 Å². The van der Waals surface area contributed by atoms with Crippen LogP contribution in [0.3, 0.4) is 0 Å². The lowest BCUT2D eigenvalue weighted by molar-refractivity contribution is 0.342. The largest absolute Gasteiger partial charge is 0.323 e. The molecule has 3 nitrogen and oxygen atoms in total. The molecule has 16 heavy (non-hydrogen) atoms. The number of hydrogen-bond acceptors (Lipinski definition) is 4. The van der Waals surface area contributed by atoms with Gasteiger partial charge < -0.3 is 10.6 Å². The van der Waals surface area contributed by atoms with Crippen LogP contribution in [-0.2, 0) is 6.42 Å². The maximum atomic E-state index is 5.84. The zero-order chi connectivity index (χ0) is 11.5. The molecule has 1 fully saturated rings. The highest BCUT2D eigenvalue weighted by Crippen LogP contribution is 2.25. The predicted molar refractivity (Wildman–Crippen MR) is 68.6 cm³/mol. The lowest BCUT2D eigenvalue weighted by atomic mass is 10.1. The van der Waals surface area contributed by atoms with E-state index in [0.29, 0.717) is 0 Å². The van der Waals surface area contributed by atoms with Crippen LogP contribution in [0.25, 0.3) is 0 Å². The van der Waals surface area contributed by atoms with E-state index in [1.165, 1.54) is 35.9 Å². The minimum Gasteiger partial charge on any atom is -0.323 e. The Kier molecular flexibility index (Phi) is 3.95. The van der Waals surface area contributed by atoms with Gasteiger partial charge in [-0.3, -0.25) is 0 Å². The minimum atomic E-state index is 0.127. The first kappa shape index (κ1) is 12.0. The van der Waals surface area contributed by atoms with Crippen molar-refractivity contribution in [2.75, 3.05) is 19.6 Å². The summed E-state index contributed by atoms with van der Waals surface area (Å²) in [6.45, 7) is 7.93. The number of thiazole rings is 1. The highest BCUT2D eigenvalue weighted by molar-refractivity contribution is 7.11. The van der Waals surface area contributed by atoms with E-state index in [2.05, 4.69) is 16.8 Å². The fraction of sp³-hybridized carbons (Fsp3) is 0.750. The van der Waals surface area contributed by atoms with E-state index < -0.39 is 0 Å². The molecule has 2 atom stereocenters. The third-order valence-electron chi connectivity index (χ3n) is 3.30. The number of likely N-dealkylation sites (tertiary alicyclic amines) is 1. The molecule has 2 heterocycles. The van der Waals surface area contributed by atoms with Crippen molar-refractivity contribution in [3.63, 3.8) is 0 Å². The number of nitrogens with zero attached hydrogens (tertiary/aromatic N) is 2. The van der Waals surface area contributed by atoms with Gasteiger partial charge in [0.15, 0.2) is 0 Å². The first-order chi connectivity index (χ1) is 7.69. The molecule has 0 spiro atoms. The fourth-order valence-corrected chi connectivity index (χ4v) is 3.23. The Balaban J connectivity index is 1.89. The molecule has 4 heteroatoms. The first-order valence-corrected chi connectivity index (χ1v) is 6.93. The van der Waals surface area contributed by atoms with Gasteiger partial charge in [-0.15, -0.1) is 11.3 Å². The number of hydrogen-bond donors (Lipinski definition) is 1. The second-order valence-electron chi connectivity index (χ2n) is 4.70. The molecule has 0 amide bonds. The highest BCUT2D eigenvalue weighted by Gasteiger charge is 2.22. The van der Waals surface area contributed by atoms with E-state index in [4.69, 9.17) is 5.73 Å². The van der Waals surface area contributed by atoms with Gasteiger partial charge in [-0.25, -0.2) is 4.98 Å². The molecule has 1 aliphatic heterocycles. The predicted octanol–water partition coefficient (Wildman–Crippen LogP) is 2.05. The molecule has 90 valence electrons. The number of rotatable bonds is 4. The van der Waals surface area contributed by atoms with Gasteiger partial charge in [0, 0.05) is 30.1 Å². The zero-order valence-corrected chi connectivity index (χ0v) is 11.0. The summed E-state index contributed by atoms with van der Waals surface area (Å²) in [5.41, 5.74) is 5.84. The fourth-order valence-electron chi connectivity index (χ4n) is 2.24. The van der Waals surface area contributed by atoms with Crippen molar-refractivity contribution in [2.24, 2.45) is 11.7 Å². The first-order valence-electron chi connectivity index (χ1n) is 6.11. The summed E-state index contributed by atoms with van der Waals surface area (Å²) in [6.07, 6.45) is 4.39. The van der Waals surface area contributed by atoms with E-state index in [1.807, 2.05) is 13.1 Å². The molecule has 1 saturated heterocycles. The Bertz CT molecular complexity index is 335. The Hall–Kier alpha value is -0.450. The molecule has 0 aliphatic carbocycles. The van der Waals surface area contributed by atoms with Crippen LogP contribution >= 0.6 is 11.3 Å². The van der Waals surface area contributed by atoms with Crippen LogP contribution in [0.4, 0.5) is 0 Å².